The first-order chi connectivity index (χ1) is 8.35. The number of hydrogen-bond acceptors (Lipinski definition) is 2. The topological polar surface area (TPSA) is 52.5 Å². The number of para-hydroxylation sites is 2. The van der Waals surface area contributed by atoms with Crippen LogP contribution >= 0.6 is 0 Å². The molecule has 2 aromatic rings. The highest BCUT2D eigenvalue weighted by Crippen LogP contribution is 2.22. The highest BCUT2D eigenvalue weighted by Gasteiger charge is 2.14. The van der Waals surface area contributed by atoms with Gasteiger partial charge >= 0.3 is 0 Å². The van der Waals surface area contributed by atoms with Crippen LogP contribution in [-0.2, 0) is 0 Å². The van der Waals surface area contributed by atoms with Gasteiger partial charge in [0.15, 0.2) is 0 Å². The lowest BCUT2D eigenvalue weighted by molar-refractivity contribution is 0.619. The second-order valence-corrected chi connectivity index (χ2v) is 4.32. The molecule has 0 amide bonds. The van der Waals surface area contributed by atoms with Crippen molar-refractivity contribution in [1.29, 1.82) is 5.26 Å². The molecule has 0 aliphatic heterocycles. The zero-order valence-electron chi connectivity index (χ0n) is 10.1. The third kappa shape index (κ3) is 2.65. The molecule has 1 unspecified atom stereocenters. The molecule has 1 heterocycles. The maximum absolute atomic E-state index is 9.19. The first-order valence-electron chi connectivity index (χ1n) is 6.19. The van der Waals surface area contributed by atoms with Crippen LogP contribution in [0.2, 0.25) is 0 Å². The molecular weight excluding hydrogens is 210 g/mol. The SMILES string of the molecule is CCCCCC(C#N)c1nc2ccccc2[nH]1. The summed E-state index contributed by atoms with van der Waals surface area (Å²) in [5.41, 5.74) is 1.96. The summed E-state index contributed by atoms with van der Waals surface area (Å²) < 4.78 is 0. The highest BCUT2D eigenvalue weighted by atomic mass is 14.9. The maximum Gasteiger partial charge on any atom is 0.124 e. The van der Waals surface area contributed by atoms with E-state index in [1.54, 1.807) is 0 Å². The molecule has 88 valence electrons. The predicted octanol–water partition coefficient (Wildman–Crippen LogP) is 3.75. The second kappa shape index (κ2) is 5.49. The van der Waals surface area contributed by atoms with Crippen LogP contribution < -0.4 is 0 Å². The summed E-state index contributed by atoms with van der Waals surface area (Å²) in [6, 6.07) is 10.2. The predicted molar refractivity (Wildman–Crippen MR) is 68.6 cm³/mol. The van der Waals surface area contributed by atoms with E-state index in [1.165, 1.54) is 12.8 Å². The number of fused-ring (bicyclic) bond motifs is 1. The van der Waals surface area contributed by atoms with Gasteiger partial charge in [0.2, 0.25) is 0 Å². The van der Waals surface area contributed by atoms with Crippen molar-refractivity contribution in [3.05, 3.63) is 30.1 Å². The van der Waals surface area contributed by atoms with Crippen molar-refractivity contribution in [2.45, 2.75) is 38.5 Å². The summed E-state index contributed by atoms with van der Waals surface area (Å²) in [4.78, 5) is 7.72. The third-order valence-corrected chi connectivity index (χ3v) is 2.99. The number of unbranched alkanes of at least 4 members (excludes halogenated alkanes) is 2. The van der Waals surface area contributed by atoms with Gasteiger partial charge in [-0.15, -0.1) is 0 Å². The van der Waals surface area contributed by atoms with E-state index in [4.69, 9.17) is 0 Å². The largest absolute Gasteiger partial charge is 0.341 e. The van der Waals surface area contributed by atoms with Crippen LogP contribution in [0.3, 0.4) is 0 Å². The summed E-state index contributed by atoms with van der Waals surface area (Å²) in [7, 11) is 0. The number of benzene rings is 1. The van der Waals surface area contributed by atoms with Crippen LogP contribution in [0.4, 0.5) is 0 Å². The number of nitrogens with zero attached hydrogens (tertiary/aromatic N) is 2. The fourth-order valence-corrected chi connectivity index (χ4v) is 2.00. The van der Waals surface area contributed by atoms with E-state index >= 15 is 0 Å². The monoisotopic (exact) mass is 227 g/mol. The van der Waals surface area contributed by atoms with Gasteiger partial charge in [-0.05, 0) is 18.6 Å². The van der Waals surface area contributed by atoms with Gasteiger partial charge in [0.05, 0.1) is 17.1 Å². The first kappa shape index (κ1) is 11.7. The van der Waals surface area contributed by atoms with E-state index in [-0.39, 0.29) is 5.92 Å². The van der Waals surface area contributed by atoms with Gasteiger partial charge in [0, 0.05) is 0 Å². The van der Waals surface area contributed by atoms with Crippen LogP contribution in [0.5, 0.6) is 0 Å². The van der Waals surface area contributed by atoms with Gasteiger partial charge in [0.1, 0.15) is 11.7 Å². The van der Waals surface area contributed by atoms with Crippen molar-refractivity contribution in [2.24, 2.45) is 0 Å². The average molecular weight is 227 g/mol. The molecule has 1 aromatic heterocycles. The van der Waals surface area contributed by atoms with Crippen LogP contribution in [0.1, 0.15) is 44.3 Å². The Kier molecular flexibility index (Phi) is 3.77. The Balaban J connectivity index is 2.16. The lowest BCUT2D eigenvalue weighted by Crippen LogP contribution is -1.98. The minimum atomic E-state index is -0.103. The van der Waals surface area contributed by atoms with Gasteiger partial charge < -0.3 is 4.98 Å². The van der Waals surface area contributed by atoms with Gasteiger partial charge in [-0.3, -0.25) is 0 Å². The number of nitrogens with one attached hydrogen (secondary N) is 1. The molecule has 0 aliphatic rings. The number of nitriles is 1. The van der Waals surface area contributed by atoms with Crippen LogP contribution in [-0.4, -0.2) is 9.97 Å². The molecule has 1 aromatic carbocycles. The quantitative estimate of drug-likeness (QED) is 0.791. The van der Waals surface area contributed by atoms with E-state index in [2.05, 4.69) is 23.0 Å². The molecule has 0 aliphatic carbocycles. The van der Waals surface area contributed by atoms with Crippen LogP contribution in [0.15, 0.2) is 24.3 Å². The first-order valence-corrected chi connectivity index (χ1v) is 6.19. The lowest BCUT2D eigenvalue weighted by Gasteiger charge is -2.04. The van der Waals surface area contributed by atoms with Crippen molar-refractivity contribution in [2.75, 3.05) is 0 Å². The number of rotatable bonds is 5. The molecule has 3 nitrogen and oxygen atoms in total. The molecule has 0 spiro atoms. The fourth-order valence-electron chi connectivity index (χ4n) is 2.00. The fraction of sp³-hybridized carbons (Fsp3) is 0.429. The average Bonchev–Trinajstić information content (AvgIpc) is 2.78. The van der Waals surface area contributed by atoms with Crippen molar-refractivity contribution in [3.8, 4) is 6.07 Å². The summed E-state index contributed by atoms with van der Waals surface area (Å²) in [5, 5.41) is 9.19. The molecule has 3 heteroatoms. The van der Waals surface area contributed by atoms with Gasteiger partial charge in [-0.25, -0.2) is 4.98 Å². The molecule has 0 fully saturated rings. The molecule has 2 rings (SSSR count). The maximum atomic E-state index is 9.19. The van der Waals surface area contributed by atoms with Crippen molar-refractivity contribution in [1.82, 2.24) is 9.97 Å². The number of aromatic nitrogens is 2. The Morgan fingerprint density at radius 2 is 2.18 bits per heavy atom. The van der Waals surface area contributed by atoms with Gasteiger partial charge in [0.25, 0.3) is 0 Å². The van der Waals surface area contributed by atoms with Crippen LogP contribution in [0, 0.1) is 11.3 Å². The van der Waals surface area contributed by atoms with Crippen molar-refractivity contribution >= 4 is 11.0 Å². The second-order valence-electron chi connectivity index (χ2n) is 4.32. The normalized spacial score (nSPS) is 12.5. The Morgan fingerprint density at radius 1 is 1.35 bits per heavy atom. The van der Waals surface area contributed by atoms with Crippen LogP contribution in [0.25, 0.3) is 11.0 Å². The summed E-state index contributed by atoms with van der Waals surface area (Å²) >= 11 is 0. The van der Waals surface area contributed by atoms with Gasteiger partial charge in [-0.2, -0.15) is 5.26 Å². The van der Waals surface area contributed by atoms with Crippen molar-refractivity contribution in [3.63, 3.8) is 0 Å². The highest BCUT2D eigenvalue weighted by molar-refractivity contribution is 5.74. The molecule has 17 heavy (non-hydrogen) atoms. The Hall–Kier alpha value is -1.82. The number of H-pyrrole nitrogens is 1. The molecule has 0 saturated carbocycles. The van der Waals surface area contributed by atoms with E-state index in [0.717, 1.165) is 29.7 Å². The van der Waals surface area contributed by atoms with E-state index in [1.807, 2.05) is 24.3 Å². The third-order valence-electron chi connectivity index (χ3n) is 2.99. The number of imidazole rings is 1. The zero-order chi connectivity index (χ0) is 12.1. The Morgan fingerprint density at radius 3 is 2.88 bits per heavy atom. The summed E-state index contributed by atoms with van der Waals surface area (Å²) in [6.07, 6.45) is 4.34. The van der Waals surface area contributed by atoms with E-state index in [9.17, 15) is 5.26 Å². The van der Waals surface area contributed by atoms with E-state index in [0.29, 0.717) is 0 Å². The molecular formula is C14H17N3. The molecule has 0 saturated heterocycles. The Labute approximate surface area is 101 Å². The number of hydrogen-bond donors (Lipinski definition) is 1. The molecule has 0 radical (unpaired) electrons. The summed E-state index contributed by atoms with van der Waals surface area (Å²) in [6.45, 7) is 2.17. The zero-order valence-corrected chi connectivity index (χ0v) is 10.1. The smallest absolute Gasteiger partial charge is 0.124 e. The van der Waals surface area contributed by atoms with Crippen molar-refractivity contribution < 1.29 is 0 Å². The molecule has 1 N–H and O–H groups in total. The summed E-state index contributed by atoms with van der Waals surface area (Å²) in [5.74, 6) is 0.707. The lowest BCUT2D eigenvalue weighted by atomic mass is 10.0. The number of aromatic amines is 1. The van der Waals surface area contributed by atoms with E-state index < -0.39 is 0 Å². The minimum Gasteiger partial charge on any atom is -0.341 e. The minimum absolute atomic E-state index is 0.103. The molecule has 1 atom stereocenters. The Bertz CT molecular complexity index is 488. The molecule has 0 bridgehead atoms. The van der Waals surface area contributed by atoms with Gasteiger partial charge in [-0.1, -0.05) is 38.3 Å². The standard InChI is InChI=1S/C14H17N3/c1-2-3-4-7-11(10-15)14-16-12-8-5-6-9-13(12)17-14/h5-6,8-9,11H,2-4,7H2,1H3,(H,16,17).